The van der Waals surface area contributed by atoms with Crippen molar-refractivity contribution in [3.8, 4) is 11.5 Å². The standard InChI is InChI=1S/C29H42N2O5/c1-5-6-7-8-9-10-11-12-28(32)31(22(2)3)20-29(33)30(19-25-15-13-23(4)36-25)18-24-14-16-26-27(17-24)35-21-34-26/h13-17,22H,5-12,18-21H2,1-4H3. The van der Waals surface area contributed by atoms with E-state index in [0.29, 0.717) is 36.8 Å². The summed E-state index contributed by atoms with van der Waals surface area (Å²) in [5.74, 6) is 2.84. The molecule has 1 aromatic heterocycles. The Hall–Kier alpha value is -2.96. The minimum absolute atomic E-state index is 0.0452. The summed E-state index contributed by atoms with van der Waals surface area (Å²) in [4.78, 5) is 30.0. The monoisotopic (exact) mass is 498 g/mol. The number of hydrogen-bond acceptors (Lipinski definition) is 5. The Balaban J connectivity index is 1.62. The first kappa shape index (κ1) is 27.6. The fourth-order valence-corrected chi connectivity index (χ4v) is 4.43. The van der Waals surface area contributed by atoms with Crippen molar-refractivity contribution in [3.05, 3.63) is 47.4 Å². The molecular weight excluding hydrogens is 456 g/mol. The van der Waals surface area contributed by atoms with Gasteiger partial charge in [0.25, 0.3) is 0 Å². The van der Waals surface area contributed by atoms with Gasteiger partial charge in [-0.25, -0.2) is 0 Å². The van der Waals surface area contributed by atoms with Crippen LogP contribution < -0.4 is 9.47 Å². The lowest BCUT2D eigenvalue weighted by Gasteiger charge is -2.30. The van der Waals surface area contributed by atoms with E-state index in [4.69, 9.17) is 13.9 Å². The molecule has 0 saturated carbocycles. The molecule has 1 aliphatic rings. The number of unbranched alkanes of at least 4 members (excludes halogenated alkanes) is 6. The van der Waals surface area contributed by atoms with Crippen LogP contribution in [0.4, 0.5) is 0 Å². The van der Waals surface area contributed by atoms with Gasteiger partial charge in [-0.05, 0) is 57.0 Å². The molecule has 0 aliphatic carbocycles. The van der Waals surface area contributed by atoms with E-state index >= 15 is 0 Å². The molecule has 1 aromatic carbocycles. The molecule has 198 valence electrons. The largest absolute Gasteiger partial charge is 0.464 e. The number of benzene rings is 1. The summed E-state index contributed by atoms with van der Waals surface area (Å²) in [6.45, 7) is 9.01. The fourth-order valence-electron chi connectivity index (χ4n) is 4.43. The molecule has 36 heavy (non-hydrogen) atoms. The molecule has 7 nitrogen and oxygen atoms in total. The van der Waals surface area contributed by atoms with Gasteiger partial charge in [-0.3, -0.25) is 9.59 Å². The summed E-state index contributed by atoms with van der Waals surface area (Å²) in [6.07, 6.45) is 8.60. The summed E-state index contributed by atoms with van der Waals surface area (Å²) in [5, 5.41) is 0. The number of amides is 2. The minimum atomic E-state index is -0.108. The summed E-state index contributed by atoms with van der Waals surface area (Å²) in [6, 6.07) is 9.44. The second-order valence-corrected chi connectivity index (χ2v) is 9.94. The third-order valence-corrected chi connectivity index (χ3v) is 6.55. The second kappa shape index (κ2) is 14.0. The van der Waals surface area contributed by atoms with Crippen molar-refractivity contribution in [1.82, 2.24) is 9.80 Å². The first-order chi connectivity index (χ1) is 17.4. The Kier molecular flexibility index (Phi) is 10.7. The van der Waals surface area contributed by atoms with Crippen LogP contribution >= 0.6 is 0 Å². The first-order valence-electron chi connectivity index (χ1n) is 13.4. The van der Waals surface area contributed by atoms with Gasteiger partial charge in [0.15, 0.2) is 11.5 Å². The highest BCUT2D eigenvalue weighted by Crippen LogP contribution is 2.33. The maximum absolute atomic E-state index is 13.5. The number of hydrogen-bond donors (Lipinski definition) is 0. The number of nitrogens with zero attached hydrogens (tertiary/aromatic N) is 2. The van der Waals surface area contributed by atoms with Crippen LogP contribution in [0.5, 0.6) is 11.5 Å². The number of aryl methyl sites for hydroxylation is 1. The molecule has 7 heteroatoms. The molecule has 0 radical (unpaired) electrons. The van der Waals surface area contributed by atoms with E-state index in [1.54, 1.807) is 9.80 Å². The van der Waals surface area contributed by atoms with Crippen molar-refractivity contribution in [2.45, 2.75) is 98.2 Å². The number of fused-ring (bicyclic) bond motifs is 1. The number of ether oxygens (including phenoxy) is 2. The van der Waals surface area contributed by atoms with Crippen molar-refractivity contribution in [2.75, 3.05) is 13.3 Å². The van der Waals surface area contributed by atoms with Crippen LogP contribution in [0.3, 0.4) is 0 Å². The van der Waals surface area contributed by atoms with Crippen LogP contribution in [0.15, 0.2) is 34.7 Å². The highest BCUT2D eigenvalue weighted by molar-refractivity contribution is 5.85. The fraction of sp³-hybridized carbons (Fsp3) is 0.586. The van der Waals surface area contributed by atoms with Gasteiger partial charge in [0.2, 0.25) is 18.6 Å². The van der Waals surface area contributed by atoms with Crippen LogP contribution in [0.2, 0.25) is 0 Å². The van der Waals surface area contributed by atoms with Crippen LogP contribution in [-0.4, -0.2) is 41.0 Å². The van der Waals surface area contributed by atoms with E-state index in [1.807, 2.05) is 51.1 Å². The second-order valence-electron chi connectivity index (χ2n) is 9.94. The Bertz CT molecular complexity index is 984. The maximum atomic E-state index is 13.5. The lowest BCUT2D eigenvalue weighted by atomic mass is 10.1. The summed E-state index contributed by atoms with van der Waals surface area (Å²) >= 11 is 0. The molecule has 0 saturated heterocycles. The highest BCUT2D eigenvalue weighted by Gasteiger charge is 2.25. The quantitative estimate of drug-likeness (QED) is 0.273. The smallest absolute Gasteiger partial charge is 0.242 e. The van der Waals surface area contributed by atoms with Crippen molar-refractivity contribution < 1.29 is 23.5 Å². The molecule has 1 aliphatic heterocycles. The SMILES string of the molecule is CCCCCCCCCC(=O)N(CC(=O)N(Cc1ccc2c(c1)OCO2)Cc1ccc(C)o1)C(C)C. The predicted molar refractivity (Wildman–Crippen MR) is 140 cm³/mol. The normalized spacial score (nSPS) is 12.2. The van der Waals surface area contributed by atoms with E-state index in [2.05, 4.69) is 6.92 Å². The van der Waals surface area contributed by atoms with Crippen molar-refractivity contribution in [2.24, 2.45) is 0 Å². The third kappa shape index (κ3) is 8.32. The topological polar surface area (TPSA) is 72.2 Å². The molecule has 0 spiro atoms. The van der Waals surface area contributed by atoms with Gasteiger partial charge in [-0.15, -0.1) is 0 Å². The van der Waals surface area contributed by atoms with Gasteiger partial charge < -0.3 is 23.7 Å². The minimum Gasteiger partial charge on any atom is -0.464 e. The molecule has 2 amide bonds. The zero-order valence-corrected chi connectivity index (χ0v) is 22.4. The first-order valence-corrected chi connectivity index (χ1v) is 13.4. The van der Waals surface area contributed by atoms with Crippen LogP contribution in [-0.2, 0) is 22.7 Å². The number of carbonyl (C=O) groups excluding carboxylic acids is 2. The maximum Gasteiger partial charge on any atom is 0.242 e. The summed E-state index contributed by atoms with van der Waals surface area (Å²) < 4.78 is 16.7. The lowest BCUT2D eigenvalue weighted by molar-refractivity contribution is -0.143. The summed E-state index contributed by atoms with van der Waals surface area (Å²) in [7, 11) is 0. The van der Waals surface area contributed by atoms with E-state index in [9.17, 15) is 9.59 Å². The lowest BCUT2D eigenvalue weighted by Crippen LogP contribution is -2.45. The van der Waals surface area contributed by atoms with E-state index in [0.717, 1.165) is 24.2 Å². The Morgan fingerprint density at radius 2 is 1.61 bits per heavy atom. The predicted octanol–water partition coefficient (Wildman–Crippen LogP) is 6.22. The van der Waals surface area contributed by atoms with Gasteiger partial charge in [0, 0.05) is 19.0 Å². The van der Waals surface area contributed by atoms with Crippen molar-refractivity contribution in [3.63, 3.8) is 0 Å². The highest BCUT2D eigenvalue weighted by atomic mass is 16.7. The van der Waals surface area contributed by atoms with Gasteiger partial charge in [-0.1, -0.05) is 51.5 Å². The van der Waals surface area contributed by atoms with Crippen molar-refractivity contribution >= 4 is 11.8 Å². The van der Waals surface area contributed by atoms with Gasteiger partial charge >= 0.3 is 0 Å². The average molecular weight is 499 g/mol. The molecule has 3 rings (SSSR count). The van der Waals surface area contributed by atoms with Crippen LogP contribution in [0.1, 0.15) is 89.2 Å². The zero-order valence-electron chi connectivity index (χ0n) is 22.4. The van der Waals surface area contributed by atoms with Gasteiger partial charge in [0.05, 0.1) is 13.1 Å². The molecule has 0 atom stereocenters. The Morgan fingerprint density at radius 3 is 2.31 bits per heavy atom. The van der Waals surface area contributed by atoms with Crippen LogP contribution in [0, 0.1) is 6.92 Å². The molecular formula is C29H42N2O5. The number of rotatable bonds is 15. The number of furan rings is 1. The molecule has 2 heterocycles. The third-order valence-electron chi connectivity index (χ3n) is 6.55. The average Bonchev–Trinajstić information content (AvgIpc) is 3.49. The van der Waals surface area contributed by atoms with Gasteiger partial charge in [0.1, 0.15) is 11.5 Å². The Labute approximate surface area is 215 Å². The summed E-state index contributed by atoms with van der Waals surface area (Å²) in [5.41, 5.74) is 0.932. The molecule has 0 fully saturated rings. The van der Waals surface area contributed by atoms with Gasteiger partial charge in [-0.2, -0.15) is 0 Å². The van der Waals surface area contributed by atoms with E-state index in [1.165, 1.54) is 32.1 Å². The molecule has 0 unspecified atom stereocenters. The van der Waals surface area contributed by atoms with Crippen LogP contribution in [0.25, 0.3) is 0 Å². The van der Waals surface area contributed by atoms with E-state index in [-0.39, 0.29) is 31.2 Å². The molecule has 2 aromatic rings. The Morgan fingerprint density at radius 1 is 0.889 bits per heavy atom. The van der Waals surface area contributed by atoms with Crippen molar-refractivity contribution in [1.29, 1.82) is 0 Å². The zero-order chi connectivity index (χ0) is 25.9. The van der Waals surface area contributed by atoms with E-state index < -0.39 is 0 Å². The molecule has 0 bridgehead atoms. The molecule has 0 N–H and O–H groups in total. The number of carbonyl (C=O) groups is 2.